The highest BCUT2D eigenvalue weighted by Gasteiger charge is 2.26. The van der Waals surface area contributed by atoms with Crippen molar-refractivity contribution in [3.63, 3.8) is 0 Å². The molecule has 1 heterocycles. The zero-order valence-corrected chi connectivity index (χ0v) is 18.9. The van der Waals surface area contributed by atoms with E-state index in [0.717, 1.165) is 24.3 Å². The normalized spacial score (nSPS) is 15.7. The van der Waals surface area contributed by atoms with Gasteiger partial charge < -0.3 is 25.4 Å². The Morgan fingerprint density at radius 3 is 2.52 bits per heavy atom. The van der Waals surface area contributed by atoms with E-state index in [1.165, 1.54) is 0 Å². The number of methoxy groups -OCH3 is 1. The monoisotopic (exact) mass is 490 g/mol. The summed E-state index contributed by atoms with van der Waals surface area (Å²) in [5, 5.41) is 3.07. The molecule has 1 aliphatic heterocycles. The maximum Gasteiger partial charge on any atom is 0.410 e. The largest absolute Gasteiger partial charge is 0.495 e. The van der Waals surface area contributed by atoms with Gasteiger partial charge in [0.2, 0.25) is 0 Å². The average Bonchev–Trinajstić information content (AvgIpc) is 2.59. The van der Waals surface area contributed by atoms with E-state index < -0.39 is 5.60 Å². The summed E-state index contributed by atoms with van der Waals surface area (Å²) < 4.78 is 10.7. The van der Waals surface area contributed by atoms with Crippen molar-refractivity contribution in [3.8, 4) is 5.75 Å². The maximum atomic E-state index is 12.1. The van der Waals surface area contributed by atoms with Crippen molar-refractivity contribution in [2.24, 2.45) is 16.6 Å². The number of carbonyl (C=O) groups is 1. The number of nitrogens with two attached hydrogens (primary N) is 1. The smallest absolute Gasteiger partial charge is 0.410 e. The van der Waals surface area contributed by atoms with Crippen LogP contribution >= 0.6 is 24.0 Å². The predicted molar refractivity (Wildman–Crippen MR) is 119 cm³/mol. The number of nitrogens with zero attached hydrogens (tertiary/aromatic N) is 2. The Morgan fingerprint density at radius 2 is 1.93 bits per heavy atom. The quantitative estimate of drug-likeness (QED) is 0.382. The van der Waals surface area contributed by atoms with E-state index in [0.29, 0.717) is 31.5 Å². The number of rotatable bonds is 4. The first-order valence-corrected chi connectivity index (χ1v) is 8.96. The van der Waals surface area contributed by atoms with E-state index in [4.69, 9.17) is 15.2 Å². The molecule has 0 atom stereocenters. The van der Waals surface area contributed by atoms with Gasteiger partial charge in [-0.15, -0.1) is 24.0 Å². The van der Waals surface area contributed by atoms with Crippen molar-refractivity contribution < 1.29 is 14.3 Å². The first-order chi connectivity index (χ1) is 12.3. The van der Waals surface area contributed by atoms with E-state index in [-0.39, 0.29) is 30.1 Å². The third-order valence-corrected chi connectivity index (χ3v) is 4.16. The maximum absolute atomic E-state index is 12.1. The highest BCUT2D eigenvalue weighted by molar-refractivity contribution is 14.0. The first kappa shape index (κ1) is 23.3. The van der Waals surface area contributed by atoms with Gasteiger partial charge in [0.05, 0.1) is 12.8 Å². The number of hydrogen-bond acceptors (Lipinski definition) is 4. The lowest BCUT2D eigenvalue weighted by molar-refractivity contribution is 0.0187. The van der Waals surface area contributed by atoms with Gasteiger partial charge in [-0.25, -0.2) is 4.79 Å². The molecule has 1 saturated heterocycles. The second-order valence-corrected chi connectivity index (χ2v) is 7.46. The van der Waals surface area contributed by atoms with E-state index in [1.807, 2.05) is 45.0 Å². The summed E-state index contributed by atoms with van der Waals surface area (Å²) in [6.45, 7) is 7.65. The molecule has 2 rings (SSSR count). The van der Waals surface area contributed by atoms with Gasteiger partial charge >= 0.3 is 6.09 Å². The number of halogens is 1. The SMILES string of the molecule is COc1ccccc1NC(N)=NCC1CCN(C(=O)OC(C)(C)C)CC1.I. The molecule has 1 aliphatic rings. The molecule has 0 bridgehead atoms. The molecule has 1 aromatic carbocycles. The summed E-state index contributed by atoms with van der Waals surface area (Å²) in [6, 6.07) is 7.56. The summed E-state index contributed by atoms with van der Waals surface area (Å²) in [7, 11) is 1.62. The van der Waals surface area contributed by atoms with Crippen LogP contribution in [0.25, 0.3) is 0 Å². The van der Waals surface area contributed by atoms with Crippen LogP contribution in [0.3, 0.4) is 0 Å². The van der Waals surface area contributed by atoms with Crippen LogP contribution in [0.1, 0.15) is 33.6 Å². The lowest BCUT2D eigenvalue weighted by Crippen LogP contribution is -2.42. The minimum Gasteiger partial charge on any atom is -0.495 e. The standard InChI is InChI=1S/C19H30N4O3.HI/c1-19(2,3)26-18(24)23-11-9-14(10-12-23)13-21-17(20)22-15-7-5-6-8-16(15)25-4;/h5-8,14H,9-13H2,1-4H3,(H3,20,21,22);1H. The van der Waals surface area contributed by atoms with Crippen molar-refractivity contribution in [1.82, 2.24) is 4.90 Å². The Labute approximate surface area is 178 Å². The lowest BCUT2D eigenvalue weighted by atomic mass is 9.97. The van der Waals surface area contributed by atoms with E-state index in [2.05, 4.69) is 10.3 Å². The Kier molecular flexibility index (Phi) is 9.14. The number of anilines is 1. The first-order valence-electron chi connectivity index (χ1n) is 8.96. The summed E-state index contributed by atoms with van der Waals surface area (Å²) >= 11 is 0. The van der Waals surface area contributed by atoms with Gasteiger partial charge in [0, 0.05) is 19.6 Å². The number of hydrogen-bond donors (Lipinski definition) is 2. The van der Waals surface area contributed by atoms with Crippen LogP contribution in [0.4, 0.5) is 10.5 Å². The molecule has 1 aromatic rings. The molecule has 1 fully saturated rings. The fourth-order valence-corrected chi connectivity index (χ4v) is 2.78. The fourth-order valence-electron chi connectivity index (χ4n) is 2.78. The van der Waals surface area contributed by atoms with Gasteiger partial charge in [0.15, 0.2) is 5.96 Å². The van der Waals surface area contributed by atoms with Crippen LogP contribution in [0.5, 0.6) is 5.75 Å². The molecule has 3 N–H and O–H groups in total. The van der Waals surface area contributed by atoms with Crippen LogP contribution in [-0.4, -0.2) is 49.3 Å². The van der Waals surface area contributed by atoms with Gasteiger partial charge in [0.25, 0.3) is 0 Å². The average molecular weight is 490 g/mol. The molecule has 152 valence electrons. The van der Waals surface area contributed by atoms with Gasteiger partial charge in [-0.1, -0.05) is 12.1 Å². The van der Waals surface area contributed by atoms with Crippen LogP contribution in [-0.2, 0) is 4.74 Å². The summed E-state index contributed by atoms with van der Waals surface area (Å²) in [6.07, 6.45) is 1.55. The highest BCUT2D eigenvalue weighted by atomic mass is 127. The number of guanidine groups is 1. The Bertz CT molecular complexity index is 638. The molecule has 1 amide bonds. The number of piperidine rings is 1. The number of likely N-dealkylation sites (tertiary alicyclic amines) is 1. The predicted octanol–water partition coefficient (Wildman–Crippen LogP) is 3.69. The van der Waals surface area contributed by atoms with Crippen LogP contribution in [0.2, 0.25) is 0 Å². The number of carbonyl (C=O) groups excluding carboxylic acids is 1. The molecule has 0 aromatic heterocycles. The van der Waals surface area contributed by atoms with Gasteiger partial charge in [0.1, 0.15) is 11.4 Å². The Hall–Kier alpha value is -1.71. The lowest BCUT2D eigenvalue weighted by Gasteiger charge is -2.33. The van der Waals surface area contributed by atoms with Crippen molar-refractivity contribution in [2.75, 3.05) is 32.1 Å². The second kappa shape index (κ2) is 10.6. The van der Waals surface area contributed by atoms with Crippen LogP contribution in [0, 0.1) is 5.92 Å². The second-order valence-electron chi connectivity index (χ2n) is 7.46. The molecule has 0 saturated carbocycles. The topological polar surface area (TPSA) is 89.2 Å². The Balaban J connectivity index is 0.00000364. The van der Waals surface area contributed by atoms with Crippen molar-refractivity contribution >= 4 is 41.7 Å². The zero-order chi connectivity index (χ0) is 19.2. The van der Waals surface area contributed by atoms with Gasteiger partial charge in [-0.05, 0) is 51.7 Å². The molecule has 0 radical (unpaired) electrons. The molecule has 0 aliphatic carbocycles. The van der Waals surface area contributed by atoms with E-state index in [9.17, 15) is 4.79 Å². The van der Waals surface area contributed by atoms with Crippen molar-refractivity contribution in [1.29, 1.82) is 0 Å². The number of para-hydroxylation sites is 2. The third-order valence-electron chi connectivity index (χ3n) is 4.16. The third kappa shape index (κ3) is 7.82. The molecule has 27 heavy (non-hydrogen) atoms. The number of amides is 1. The van der Waals surface area contributed by atoms with Crippen LogP contribution in [0.15, 0.2) is 29.3 Å². The molecule has 0 spiro atoms. The Morgan fingerprint density at radius 1 is 1.30 bits per heavy atom. The minimum absolute atomic E-state index is 0. The van der Waals surface area contributed by atoms with E-state index >= 15 is 0 Å². The number of ether oxygens (including phenoxy) is 2. The summed E-state index contributed by atoms with van der Waals surface area (Å²) in [5.41, 5.74) is 6.32. The molecule has 7 nitrogen and oxygen atoms in total. The van der Waals surface area contributed by atoms with Crippen LogP contribution < -0.4 is 15.8 Å². The number of nitrogens with one attached hydrogen (secondary N) is 1. The summed E-state index contributed by atoms with van der Waals surface area (Å²) in [4.78, 5) is 18.3. The highest BCUT2D eigenvalue weighted by Crippen LogP contribution is 2.23. The van der Waals surface area contributed by atoms with Crippen molar-refractivity contribution in [2.45, 2.75) is 39.2 Å². The number of benzene rings is 1. The minimum atomic E-state index is -0.461. The summed E-state index contributed by atoms with van der Waals surface area (Å²) in [5.74, 6) is 1.49. The van der Waals surface area contributed by atoms with Gasteiger partial charge in [-0.3, -0.25) is 4.99 Å². The van der Waals surface area contributed by atoms with Gasteiger partial charge in [-0.2, -0.15) is 0 Å². The molecular formula is C19H31IN4O3. The number of aliphatic imine (C=N–C) groups is 1. The zero-order valence-electron chi connectivity index (χ0n) is 16.5. The molecular weight excluding hydrogens is 459 g/mol. The fraction of sp³-hybridized carbons (Fsp3) is 0.579. The molecule has 8 heteroatoms. The van der Waals surface area contributed by atoms with Crippen molar-refractivity contribution in [3.05, 3.63) is 24.3 Å². The van der Waals surface area contributed by atoms with E-state index in [1.54, 1.807) is 12.0 Å². The molecule has 0 unspecified atom stereocenters.